The quantitative estimate of drug-likeness (QED) is 0.321. The van der Waals surface area contributed by atoms with Crippen molar-refractivity contribution in [2.75, 3.05) is 18.8 Å². The molecule has 0 bridgehead atoms. The molecule has 0 saturated heterocycles. The van der Waals surface area contributed by atoms with Gasteiger partial charge in [0, 0.05) is 6.54 Å². The molecule has 0 aliphatic heterocycles. The van der Waals surface area contributed by atoms with Crippen molar-refractivity contribution in [3.05, 3.63) is 33.6 Å². The van der Waals surface area contributed by atoms with E-state index >= 15 is 0 Å². The van der Waals surface area contributed by atoms with E-state index in [-0.39, 0.29) is 23.7 Å². The molecule has 0 heterocycles. The van der Waals surface area contributed by atoms with Crippen LogP contribution < -0.4 is 16.8 Å². The fraction of sp³-hybridized carbons (Fsp3) is 0.300. The predicted octanol–water partition coefficient (Wildman–Crippen LogP) is 0.817. The van der Waals surface area contributed by atoms with E-state index in [1.165, 1.54) is 0 Å². The molecule has 0 aromatic heterocycles. The van der Waals surface area contributed by atoms with Gasteiger partial charge in [-0.3, -0.25) is 14.9 Å². The van der Waals surface area contributed by atoms with Gasteiger partial charge in [-0.05, 0) is 19.0 Å². The summed E-state index contributed by atoms with van der Waals surface area (Å²) in [4.78, 5) is 21.4. The maximum Gasteiger partial charge on any atom is 0.295 e. The summed E-state index contributed by atoms with van der Waals surface area (Å²) in [7, 11) is 0. The number of halogens is 2. The number of nitro benzene ring substituents is 1. The SMILES string of the molecule is Cl.NCCCNC(=O)c1cc(F)cc([N+](=O)[O-])c1N. The average molecular weight is 293 g/mol. The smallest absolute Gasteiger partial charge is 0.295 e. The molecule has 106 valence electrons. The third-order valence-electron chi connectivity index (χ3n) is 2.23. The van der Waals surface area contributed by atoms with Gasteiger partial charge < -0.3 is 16.8 Å². The summed E-state index contributed by atoms with van der Waals surface area (Å²) in [6.07, 6.45) is 0.545. The number of rotatable bonds is 5. The van der Waals surface area contributed by atoms with Gasteiger partial charge in [0.2, 0.25) is 0 Å². The number of carbonyl (C=O) groups is 1. The summed E-state index contributed by atoms with van der Waals surface area (Å²) in [5.74, 6) is -1.55. The molecule has 1 aromatic rings. The second-order valence-electron chi connectivity index (χ2n) is 3.54. The number of nitrogens with two attached hydrogens (primary N) is 2. The first-order valence-corrected chi connectivity index (χ1v) is 5.19. The highest BCUT2D eigenvalue weighted by Crippen LogP contribution is 2.26. The summed E-state index contributed by atoms with van der Waals surface area (Å²) in [6.45, 7) is 0.679. The van der Waals surface area contributed by atoms with Crippen molar-refractivity contribution in [1.82, 2.24) is 5.32 Å². The predicted molar refractivity (Wildman–Crippen MR) is 70.7 cm³/mol. The summed E-state index contributed by atoms with van der Waals surface area (Å²) in [5, 5.41) is 13.1. The Bertz CT molecular complexity index is 484. The standard InChI is InChI=1S/C10H13FN4O3.ClH/c11-6-4-7(10(16)14-3-1-2-12)9(13)8(5-6)15(17)18;/h4-5H,1-3,12-13H2,(H,14,16);1H. The molecule has 0 spiro atoms. The molecule has 0 aliphatic carbocycles. The minimum atomic E-state index is -0.889. The van der Waals surface area contributed by atoms with Crippen LogP contribution in [0.2, 0.25) is 0 Å². The molecule has 0 fully saturated rings. The van der Waals surface area contributed by atoms with E-state index in [1.54, 1.807) is 0 Å². The highest BCUT2D eigenvalue weighted by atomic mass is 35.5. The normalized spacial score (nSPS) is 9.58. The molecule has 0 atom stereocenters. The van der Waals surface area contributed by atoms with Gasteiger partial charge in [-0.1, -0.05) is 0 Å². The third-order valence-corrected chi connectivity index (χ3v) is 2.23. The summed E-state index contributed by atoms with van der Waals surface area (Å²) in [5.41, 5.74) is 9.48. The molecule has 9 heteroatoms. The van der Waals surface area contributed by atoms with Gasteiger partial charge in [-0.15, -0.1) is 12.4 Å². The van der Waals surface area contributed by atoms with E-state index < -0.39 is 22.3 Å². The van der Waals surface area contributed by atoms with E-state index in [0.29, 0.717) is 25.6 Å². The zero-order valence-electron chi connectivity index (χ0n) is 9.89. The fourth-order valence-electron chi connectivity index (χ4n) is 1.34. The molecule has 7 nitrogen and oxygen atoms in total. The van der Waals surface area contributed by atoms with Gasteiger partial charge in [0.15, 0.2) is 0 Å². The van der Waals surface area contributed by atoms with Crippen LogP contribution in [0.5, 0.6) is 0 Å². The zero-order valence-corrected chi connectivity index (χ0v) is 10.7. The lowest BCUT2D eigenvalue weighted by Gasteiger charge is -2.07. The largest absolute Gasteiger partial charge is 0.393 e. The molecule has 5 N–H and O–H groups in total. The highest BCUT2D eigenvalue weighted by Gasteiger charge is 2.21. The number of hydrogen-bond donors (Lipinski definition) is 3. The van der Waals surface area contributed by atoms with Gasteiger partial charge in [0.05, 0.1) is 16.6 Å². The van der Waals surface area contributed by atoms with Crippen molar-refractivity contribution in [1.29, 1.82) is 0 Å². The Hall–Kier alpha value is -1.93. The van der Waals surface area contributed by atoms with Crippen LogP contribution in [0, 0.1) is 15.9 Å². The second kappa shape index (κ2) is 7.49. The van der Waals surface area contributed by atoms with Crippen LogP contribution in [0.1, 0.15) is 16.8 Å². The lowest BCUT2D eigenvalue weighted by molar-refractivity contribution is -0.384. The number of anilines is 1. The Morgan fingerprint density at radius 1 is 1.47 bits per heavy atom. The molecule has 0 aliphatic rings. The van der Waals surface area contributed by atoms with E-state index in [0.717, 1.165) is 6.07 Å². The van der Waals surface area contributed by atoms with E-state index in [4.69, 9.17) is 11.5 Å². The van der Waals surface area contributed by atoms with Gasteiger partial charge in [-0.2, -0.15) is 0 Å². The molecule has 19 heavy (non-hydrogen) atoms. The van der Waals surface area contributed by atoms with Crippen LogP contribution in [0.4, 0.5) is 15.8 Å². The lowest BCUT2D eigenvalue weighted by Crippen LogP contribution is -2.27. The average Bonchev–Trinajstić information content (AvgIpc) is 2.31. The summed E-state index contributed by atoms with van der Waals surface area (Å²) in [6, 6.07) is 1.53. The Balaban J connectivity index is 0.00000324. The molecule has 0 unspecified atom stereocenters. The molecule has 0 saturated carbocycles. The highest BCUT2D eigenvalue weighted by molar-refractivity contribution is 6.01. The van der Waals surface area contributed by atoms with Crippen molar-refractivity contribution in [2.24, 2.45) is 5.73 Å². The van der Waals surface area contributed by atoms with Crippen LogP contribution in [0.3, 0.4) is 0 Å². The van der Waals surface area contributed by atoms with Crippen molar-refractivity contribution >= 4 is 29.7 Å². The number of nitro groups is 1. The first-order chi connectivity index (χ1) is 8.47. The molecule has 1 amide bonds. The number of benzene rings is 1. The van der Waals surface area contributed by atoms with Crippen LogP contribution >= 0.6 is 12.4 Å². The fourth-order valence-corrected chi connectivity index (χ4v) is 1.34. The molecular weight excluding hydrogens is 279 g/mol. The number of nitrogens with zero attached hydrogens (tertiary/aromatic N) is 1. The maximum atomic E-state index is 13.2. The van der Waals surface area contributed by atoms with Gasteiger partial charge in [0.1, 0.15) is 11.5 Å². The topological polar surface area (TPSA) is 124 Å². The minimum absolute atomic E-state index is 0. The number of carbonyl (C=O) groups excluding carboxylic acids is 1. The number of amides is 1. The Morgan fingerprint density at radius 3 is 2.63 bits per heavy atom. The Morgan fingerprint density at radius 2 is 2.11 bits per heavy atom. The van der Waals surface area contributed by atoms with E-state index in [9.17, 15) is 19.3 Å². The Labute approximate surface area is 114 Å². The van der Waals surface area contributed by atoms with Crippen LogP contribution in [-0.4, -0.2) is 23.9 Å². The van der Waals surface area contributed by atoms with Crippen molar-refractivity contribution < 1.29 is 14.1 Å². The second-order valence-corrected chi connectivity index (χ2v) is 3.54. The maximum absolute atomic E-state index is 13.2. The summed E-state index contributed by atoms with van der Waals surface area (Å²) >= 11 is 0. The van der Waals surface area contributed by atoms with Gasteiger partial charge >= 0.3 is 0 Å². The number of hydrogen-bond acceptors (Lipinski definition) is 5. The Kier molecular flexibility index (Phi) is 6.73. The van der Waals surface area contributed by atoms with E-state index in [1.807, 2.05) is 0 Å². The minimum Gasteiger partial charge on any atom is -0.393 e. The first kappa shape index (κ1) is 17.1. The zero-order chi connectivity index (χ0) is 13.7. The van der Waals surface area contributed by atoms with Gasteiger partial charge in [-0.25, -0.2) is 4.39 Å². The lowest BCUT2D eigenvalue weighted by atomic mass is 10.1. The van der Waals surface area contributed by atoms with Crippen LogP contribution in [0.25, 0.3) is 0 Å². The molecule has 0 radical (unpaired) electrons. The first-order valence-electron chi connectivity index (χ1n) is 5.19. The van der Waals surface area contributed by atoms with Crippen molar-refractivity contribution in [3.8, 4) is 0 Å². The molecule has 1 rings (SSSR count). The van der Waals surface area contributed by atoms with E-state index in [2.05, 4.69) is 5.32 Å². The van der Waals surface area contributed by atoms with Crippen molar-refractivity contribution in [3.63, 3.8) is 0 Å². The van der Waals surface area contributed by atoms with Crippen molar-refractivity contribution in [2.45, 2.75) is 6.42 Å². The van der Waals surface area contributed by atoms with Crippen LogP contribution in [-0.2, 0) is 0 Å². The molecule has 1 aromatic carbocycles. The van der Waals surface area contributed by atoms with Gasteiger partial charge in [0.25, 0.3) is 11.6 Å². The number of nitrogens with one attached hydrogen (secondary N) is 1. The monoisotopic (exact) mass is 292 g/mol. The molecular formula is C10H14ClFN4O3. The summed E-state index contributed by atoms with van der Waals surface area (Å²) < 4.78 is 13.2. The third kappa shape index (κ3) is 4.34. The van der Waals surface area contributed by atoms with Crippen LogP contribution in [0.15, 0.2) is 12.1 Å². The number of nitrogen functional groups attached to an aromatic ring is 1.